The van der Waals surface area contributed by atoms with Gasteiger partial charge < -0.3 is 5.32 Å². The number of rotatable bonds is 9. The maximum absolute atomic E-state index is 3.76. The molecule has 0 aromatic heterocycles. The van der Waals surface area contributed by atoms with E-state index < -0.39 is 0 Å². The molecule has 1 aliphatic carbocycles. The summed E-state index contributed by atoms with van der Waals surface area (Å²) in [6.07, 6.45) is 5.38. The molecule has 1 rings (SSSR count). The molecule has 0 spiro atoms. The average molecular weight is 283 g/mol. The lowest BCUT2D eigenvalue weighted by Gasteiger charge is -2.40. The maximum atomic E-state index is 3.76. The zero-order valence-electron chi connectivity index (χ0n) is 15.1. The molecule has 0 heterocycles. The van der Waals surface area contributed by atoms with Crippen molar-refractivity contribution in [3.63, 3.8) is 0 Å². The van der Waals surface area contributed by atoms with Gasteiger partial charge in [-0.1, -0.05) is 27.7 Å². The Balaban J connectivity index is 2.67. The molecule has 0 aromatic rings. The van der Waals surface area contributed by atoms with Crippen molar-refractivity contribution in [2.24, 2.45) is 11.3 Å². The maximum Gasteiger partial charge on any atom is 0.00967 e. The molecule has 2 nitrogen and oxygen atoms in total. The molecular formula is C18H38N2. The third kappa shape index (κ3) is 6.13. The minimum absolute atomic E-state index is 0.220. The Kier molecular flexibility index (Phi) is 6.53. The van der Waals surface area contributed by atoms with Gasteiger partial charge in [0.1, 0.15) is 0 Å². The van der Waals surface area contributed by atoms with Crippen LogP contribution < -0.4 is 5.32 Å². The monoisotopic (exact) mass is 282 g/mol. The molecule has 0 amide bonds. The Hall–Kier alpha value is -0.0800. The molecule has 0 bridgehead atoms. The molecule has 1 aliphatic rings. The Morgan fingerprint density at radius 2 is 1.65 bits per heavy atom. The zero-order chi connectivity index (χ0) is 15.4. The first-order chi connectivity index (χ1) is 9.21. The normalized spacial score (nSPS) is 17.2. The van der Waals surface area contributed by atoms with Crippen molar-refractivity contribution in [2.75, 3.05) is 19.6 Å². The third-order valence-corrected chi connectivity index (χ3v) is 4.70. The quantitative estimate of drug-likeness (QED) is 0.678. The van der Waals surface area contributed by atoms with Crippen LogP contribution in [0.2, 0.25) is 0 Å². The highest BCUT2D eigenvalue weighted by atomic mass is 15.2. The van der Waals surface area contributed by atoms with Crippen molar-refractivity contribution in [3.8, 4) is 0 Å². The summed E-state index contributed by atoms with van der Waals surface area (Å²) in [6.45, 7) is 19.9. The summed E-state index contributed by atoms with van der Waals surface area (Å²) in [5.74, 6) is 0.776. The molecule has 0 aliphatic heterocycles. The van der Waals surface area contributed by atoms with E-state index in [1.807, 2.05) is 0 Å². The van der Waals surface area contributed by atoms with E-state index in [1.165, 1.54) is 38.8 Å². The van der Waals surface area contributed by atoms with Crippen molar-refractivity contribution in [1.29, 1.82) is 0 Å². The van der Waals surface area contributed by atoms with Crippen LogP contribution in [-0.4, -0.2) is 36.1 Å². The molecule has 0 atom stereocenters. The van der Waals surface area contributed by atoms with Crippen molar-refractivity contribution < 1.29 is 0 Å². The summed E-state index contributed by atoms with van der Waals surface area (Å²) in [7, 11) is 0. The largest absolute Gasteiger partial charge is 0.311 e. The molecule has 0 aromatic carbocycles. The van der Waals surface area contributed by atoms with Gasteiger partial charge >= 0.3 is 0 Å². The van der Waals surface area contributed by atoms with E-state index in [0.717, 1.165) is 18.5 Å². The van der Waals surface area contributed by atoms with Gasteiger partial charge in [-0.2, -0.15) is 0 Å². The summed E-state index contributed by atoms with van der Waals surface area (Å²) < 4.78 is 0. The molecule has 2 heteroatoms. The average Bonchev–Trinajstić information content (AvgIpc) is 3.16. The molecule has 0 unspecified atom stereocenters. The second-order valence-electron chi connectivity index (χ2n) is 8.37. The first-order valence-electron chi connectivity index (χ1n) is 8.70. The second-order valence-corrected chi connectivity index (χ2v) is 8.37. The van der Waals surface area contributed by atoms with E-state index in [-0.39, 0.29) is 5.54 Å². The Bertz CT molecular complexity index is 270. The van der Waals surface area contributed by atoms with Crippen LogP contribution in [0.25, 0.3) is 0 Å². The van der Waals surface area contributed by atoms with Crippen LogP contribution in [-0.2, 0) is 0 Å². The molecular weight excluding hydrogens is 244 g/mol. The first kappa shape index (κ1) is 18.0. The fourth-order valence-corrected chi connectivity index (χ4v) is 2.91. The minimum atomic E-state index is 0.220. The van der Waals surface area contributed by atoms with Crippen LogP contribution in [0.1, 0.15) is 74.1 Å². The van der Waals surface area contributed by atoms with Gasteiger partial charge in [0.2, 0.25) is 0 Å². The van der Waals surface area contributed by atoms with Crippen molar-refractivity contribution in [2.45, 2.75) is 85.7 Å². The van der Waals surface area contributed by atoms with E-state index in [4.69, 9.17) is 0 Å². The lowest BCUT2D eigenvalue weighted by Crippen LogP contribution is -2.49. The lowest BCUT2D eigenvalue weighted by molar-refractivity contribution is 0.110. The number of nitrogens with one attached hydrogen (secondary N) is 1. The molecule has 20 heavy (non-hydrogen) atoms. The van der Waals surface area contributed by atoms with Crippen molar-refractivity contribution >= 4 is 0 Å². The van der Waals surface area contributed by atoms with Gasteiger partial charge in [0.05, 0.1) is 0 Å². The van der Waals surface area contributed by atoms with Gasteiger partial charge in [0.15, 0.2) is 0 Å². The fraction of sp³-hybridized carbons (Fsp3) is 1.00. The van der Waals surface area contributed by atoms with Crippen LogP contribution in [0.3, 0.4) is 0 Å². The Morgan fingerprint density at radius 1 is 1.10 bits per heavy atom. The Labute approximate surface area is 127 Å². The SMILES string of the molecule is CCC(CC)(CNC(C)(C)C)CN(CC(C)C)C1CC1. The number of hydrogen-bond acceptors (Lipinski definition) is 2. The highest BCUT2D eigenvalue weighted by Crippen LogP contribution is 2.34. The minimum Gasteiger partial charge on any atom is -0.311 e. The van der Waals surface area contributed by atoms with Gasteiger partial charge in [-0.15, -0.1) is 0 Å². The van der Waals surface area contributed by atoms with Crippen molar-refractivity contribution in [1.82, 2.24) is 10.2 Å². The molecule has 0 saturated heterocycles. The smallest absolute Gasteiger partial charge is 0.00967 e. The van der Waals surface area contributed by atoms with E-state index in [9.17, 15) is 0 Å². The van der Waals surface area contributed by atoms with Gasteiger partial charge in [0, 0.05) is 31.2 Å². The summed E-state index contributed by atoms with van der Waals surface area (Å²) in [5.41, 5.74) is 0.656. The predicted octanol–water partition coefficient (Wildman–Crippen LogP) is 4.30. The van der Waals surface area contributed by atoms with Crippen LogP contribution in [0.5, 0.6) is 0 Å². The standard InChI is InChI=1S/C18H38N2/c1-8-18(9-2,13-19-17(5,6)7)14-20(12-15(3)4)16-10-11-16/h15-16,19H,8-14H2,1-7H3. The van der Waals surface area contributed by atoms with Crippen LogP contribution in [0.15, 0.2) is 0 Å². The second kappa shape index (κ2) is 7.26. The third-order valence-electron chi connectivity index (χ3n) is 4.70. The molecule has 120 valence electrons. The molecule has 0 radical (unpaired) electrons. The molecule has 1 fully saturated rings. The summed E-state index contributed by atoms with van der Waals surface area (Å²) >= 11 is 0. The molecule has 1 saturated carbocycles. The Morgan fingerprint density at radius 3 is 2.00 bits per heavy atom. The summed E-state index contributed by atoms with van der Waals surface area (Å²) in [6, 6.07) is 0.879. The van der Waals surface area contributed by atoms with Crippen molar-refractivity contribution in [3.05, 3.63) is 0 Å². The van der Waals surface area contributed by atoms with Gasteiger partial charge in [0.25, 0.3) is 0 Å². The lowest BCUT2D eigenvalue weighted by atomic mass is 9.80. The van der Waals surface area contributed by atoms with Crippen LogP contribution in [0.4, 0.5) is 0 Å². The van der Waals surface area contributed by atoms with Crippen LogP contribution in [0, 0.1) is 11.3 Å². The number of nitrogens with zero attached hydrogens (tertiary/aromatic N) is 1. The van der Waals surface area contributed by atoms with Gasteiger partial charge in [-0.3, -0.25) is 4.90 Å². The van der Waals surface area contributed by atoms with Gasteiger partial charge in [-0.05, 0) is 57.8 Å². The van der Waals surface area contributed by atoms with E-state index in [0.29, 0.717) is 5.41 Å². The zero-order valence-corrected chi connectivity index (χ0v) is 15.1. The fourth-order valence-electron chi connectivity index (χ4n) is 2.91. The summed E-state index contributed by atoms with van der Waals surface area (Å²) in [5, 5.41) is 3.76. The van der Waals surface area contributed by atoms with Crippen LogP contribution >= 0.6 is 0 Å². The highest BCUT2D eigenvalue weighted by Gasteiger charge is 2.36. The number of hydrogen-bond donors (Lipinski definition) is 1. The highest BCUT2D eigenvalue weighted by molar-refractivity contribution is 4.92. The van der Waals surface area contributed by atoms with E-state index in [1.54, 1.807) is 0 Å². The molecule has 1 N–H and O–H groups in total. The van der Waals surface area contributed by atoms with Gasteiger partial charge in [-0.25, -0.2) is 0 Å². The topological polar surface area (TPSA) is 15.3 Å². The predicted molar refractivity (Wildman–Crippen MR) is 90.2 cm³/mol. The summed E-state index contributed by atoms with van der Waals surface area (Å²) in [4.78, 5) is 2.78. The van der Waals surface area contributed by atoms with E-state index in [2.05, 4.69) is 58.7 Å². The van der Waals surface area contributed by atoms with E-state index >= 15 is 0 Å². The first-order valence-corrected chi connectivity index (χ1v) is 8.70.